The number of hydrogen-bond acceptors (Lipinski definition) is 4. The number of ether oxygens (including phenoxy) is 1. The zero-order chi connectivity index (χ0) is 14.5. The van der Waals surface area contributed by atoms with Gasteiger partial charge in [0.2, 0.25) is 0 Å². The Bertz CT molecular complexity index is 570. The predicted molar refractivity (Wildman–Crippen MR) is 74.2 cm³/mol. The van der Waals surface area contributed by atoms with Gasteiger partial charge in [-0.15, -0.1) is 5.10 Å². The molecule has 108 valence electrons. The Morgan fingerprint density at radius 1 is 1.45 bits per heavy atom. The standard InChI is InChI=1S/C14H19FN4O/c1-4-8-16-10(2)11-6-5-7-12(15)13(11)20-14-17-9-19(3)18-14/h5-7,9-10,16H,4,8H2,1-3H3. The third kappa shape index (κ3) is 3.33. The molecule has 20 heavy (non-hydrogen) atoms. The molecule has 6 heteroatoms. The van der Waals surface area contributed by atoms with Crippen molar-refractivity contribution in [2.75, 3.05) is 6.54 Å². The lowest BCUT2D eigenvalue weighted by Gasteiger charge is -2.17. The minimum absolute atomic E-state index is 0.00985. The van der Waals surface area contributed by atoms with E-state index in [0.717, 1.165) is 18.5 Å². The van der Waals surface area contributed by atoms with Crippen molar-refractivity contribution in [3.63, 3.8) is 0 Å². The van der Waals surface area contributed by atoms with Gasteiger partial charge in [-0.1, -0.05) is 19.1 Å². The van der Waals surface area contributed by atoms with Crippen molar-refractivity contribution in [1.82, 2.24) is 20.1 Å². The highest BCUT2D eigenvalue weighted by molar-refractivity contribution is 5.38. The minimum atomic E-state index is -0.417. The van der Waals surface area contributed by atoms with Gasteiger partial charge in [0, 0.05) is 18.7 Å². The SMILES string of the molecule is CCCNC(C)c1cccc(F)c1Oc1ncn(C)n1. The van der Waals surface area contributed by atoms with E-state index in [-0.39, 0.29) is 17.8 Å². The molecule has 1 aromatic carbocycles. The highest BCUT2D eigenvalue weighted by Crippen LogP contribution is 2.30. The first-order chi connectivity index (χ1) is 9.61. The second-order valence-electron chi connectivity index (χ2n) is 4.64. The summed E-state index contributed by atoms with van der Waals surface area (Å²) in [5, 5.41) is 7.32. The summed E-state index contributed by atoms with van der Waals surface area (Å²) >= 11 is 0. The highest BCUT2D eigenvalue weighted by Gasteiger charge is 2.17. The van der Waals surface area contributed by atoms with Crippen LogP contribution in [0.25, 0.3) is 0 Å². The molecule has 1 heterocycles. The van der Waals surface area contributed by atoms with Crippen molar-refractivity contribution in [3.8, 4) is 11.8 Å². The molecule has 0 spiro atoms. The van der Waals surface area contributed by atoms with Crippen molar-refractivity contribution in [3.05, 3.63) is 35.9 Å². The van der Waals surface area contributed by atoms with Gasteiger partial charge in [-0.3, -0.25) is 4.68 Å². The lowest BCUT2D eigenvalue weighted by atomic mass is 10.1. The van der Waals surface area contributed by atoms with Crippen LogP contribution in [0.2, 0.25) is 0 Å². The van der Waals surface area contributed by atoms with Gasteiger partial charge in [0.15, 0.2) is 11.6 Å². The number of nitrogens with one attached hydrogen (secondary N) is 1. The highest BCUT2D eigenvalue weighted by atomic mass is 19.1. The van der Waals surface area contributed by atoms with Crippen molar-refractivity contribution in [1.29, 1.82) is 0 Å². The summed E-state index contributed by atoms with van der Waals surface area (Å²) < 4.78 is 21.0. The van der Waals surface area contributed by atoms with Crippen LogP contribution in [-0.4, -0.2) is 21.3 Å². The summed E-state index contributed by atoms with van der Waals surface area (Å²) in [5.74, 6) is -0.241. The van der Waals surface area contributed by atoms with E-state index in [9.17, 15) is 4.39 Å². The molecule has 0 saturated carbocycles. The Morgan fingerprint density at radius 3 is 2.90 bits per heavy atom. The van der Waals surface area contributed by atoms with Crippen LogP contribution >= 0.6 is 0 Å². The Balaban J connectivity index is 2.26. The van der Waals surface area contributed by atoms with Gasteiger partial charge in [0.1, 0.15) is 6.33 Å². The molecular weight excluding hydrogens is 259 g/mol. The van der Waals surface area contributed by atoms with Gasteiger partial charge >= 0.3 is 6.01 Å². The summed E-state index contributed by atoms with van der Waals surface area (Å²) in [7, 11) is 1.73. The molecule has 0 fully saturated rings. The Hall–Kier alpha value is -1.95. The second-order valence-corrected chi connectivity index (χ2v) is 4.64. The molecule has 2 aromatic rings. The summed E-state index contributed by atoms with van der Waals surface area (Å²) in [6.07, 6.45) is 2.52. The van der Waals surface area contributed by atoms with Crippen molar-refractivity contribution < 1.29 is 9.13 Å². The number of benzene rings is 1. The molecule has 1 unspecified atom stereocenters. The van der Waals surface area contributed by atoms with Gasteiger partial charge in [0.05, 0.1) is 0 Å². The van der Waals surface area contributed by atoms with Crippen LogP contribution in [0.3, 0.4) is 0 Å². The summed E-state index contributed by atoms with van der Waals surface area (Å²) in [6, 6.07) is 5.02. The lowest BCUT2D eigenvalue weighted by molar-refractivity contribution is 0.396. The maximum atomic E-state index is 14.0. The third-order valence-electron chi connectivity index (χ3n) is 2.94. The van der Waals surface area contributed by atoms with E-state index < -0.39 is 5.82 Å². The summed E-state index contributed by atoms with van der Waals surface area (Å²) in [6.45, 7) is 4.92. The molecule has 1 N–H and O–H groups in total. The summed E-state index contributed by atoms with van der Waals surface area (Å²) in [5.41, 5.74) is 0.755. The van der Waals surface area contributed by atoms with E-state index >= 15 is 0 Å². The molecule has 2 rings (SSSR count). The minimum Gasteiger partial charge on any atom is -0.420 e. The first kappa shape index (κ1) is 14.5. The first-order valence-corrected chi connectivity index (χ1v) is 6.67. The zero-order valence-electron chi connectivity index (χ0n) is 11.9. The number of rotatable bonds is 6. The van der Waals surface area contributed by atoms with Crippen LogP contribution < -0.4 is 10.1 Å². The Kier molecular flexibility index (Phi) is 4.68. The van der Waals surface area contributed by atoms with Gasteiger partial charge in [-0.2, -0.15) is 4.98 Å². The van der Waals surface area contributed by atoms with E-state index in [1.807, 2.05) is 13.0 Å². The van der Waals surface area contributed by atoms with Crippen LogP contribution in [0, 0.1) is 5.82 Å². The smallest absolute Gasteiger partial charge is 0.341 e. The van der Waals surface area contributed by atoms with Crippen molar-refractivity contribution in [2.24, 2.45) is 7.05 Å². The third-order valence-corrected chi connectivity index (χ3v) is 2.94. The molecule has 0 aliphatic heterocycles. The fourth-order valence-corrected chi connectivity index (χ4v) is 1.90. The van der Waals surface area contributed by atoms with Crippen molar-refractivity contribution >= 4 is 0 Å². The molecule has 1 atom stereocenters. The monoisotopic (exact) mass is 278 g/mol. The molecule has 0 bridgehead atoms. The summed E-state index contributed by atoms with van der Waals surface area (Å²) in [4.78, 5) is 3.96. The average molecular weight is 278 g/mol. The topological polar surface area (TPSA) is 52.0 Å². The molecule has 0 amide bonds. The van der Waals surface area contributed by atoms with Gasteiger partial charge < -0.3 is 10.1 Å². The van der Waals surface area contributed by atoms with E-state index in [0.29, 0.717) is 0 Å². The fraction of sp³-hybridized carbons (Fsp3) is 0.429. The number of halogens is 1. The first-order valence-electron chi connectivity index (χ1n) is 6.67. The molecular formula is C14H19FN4O. The zero-order valence-corrected chi connectivity index (χ0v) is 11.9. The van der Waals surface area contributed by atoms with Gasteiger partial charge in [0.25, 0.3) is 0 Å². The maximum absolute atomic E-state index is 14.0. The fourth-order valence-electron chi connectivity index (χ4n) is 1.90. The lowest BCUT2D eigenvalue weighted by Crippen LogP contribution is -2.20. The number of aromatic nitrogens is 3. The van der Waals surface area contributed by atoms with E-state index in [4.69, 9.17) is 4.74 Å². The Morgan fingerprint density at radius 2 is 2.25 bits per heavy atom. The molecule has 1 aromatic heterocycles. The van der Waals surface area contributed by atoms with Gasteiger partial charge in [-0.25, -0.2) is 4.39 Å². The van der Waals surface area contributed by atoms with Crippen molar-refractivity contribution in [2.45, 2.75) is 26.3 Å². The van der Waals surface area contributed by atoms with Crippen LogP contribution in [-0.2, 0) is 7.05 Å². The molecule has 5 nitrogen and oxygen atoms in total. The number of para-hydroxylation sites is 1. The van der Waals surface area contributed by atoms with Gasteiger partial charge in [-0.05, 0) is 26.0 Å². The maximum Gasteiger partial charge on any atom is 0.341 e. The van der Waals surface area contributed by atoms with Crippen LogP contribution in [0.5, 0.6) is 11.8 Å². The average Bonchev–Trinajstić information content (AvgIpc) is 2.84. The Labute approximate surface area is 117 Å². The van der Waals surface area contributed by atoms with E-state index in [1.165, 1.54) is 17.1 Å². The molecule has 0 saturated heterocycles. The number of nitrogens with zero attached hydrogens (tertiary/aromatic N) is 3. The predicted octanol–water partition coefficient (Wildman–Crippen LogP) is 2.81. The molecule has 0 aliphatic rings. The normalized spacial score (nSPS) is 12.4. The largest absolute Gasteiger partial charge is 0.420 e. The van der Waals surface area contributed by atoms with Crippen LogP contribution in [0.4, 0.5) is 4.39 Å². The van der Waals surface area contributed by atoms with E-state index in [2.05, 4.69) is 22.3 Å². The molecule has 0 aliphatic carbocycles. The van der Waals surface area contributed by atoms with E-state index in [1.54, 1.807) is 13.1 Å². The number of hydrogen-bond donors (Lipinski definition) is 1. The molecule has 0 radical (unpaired) electrons. The quantitative estimate of drug-likeness (QED) is 0.882. The van der Waals surface area contributed by atoms with Crippen LogP contribution in [0.15, 0.2) is 24.5 Å². The number of aryl methyl sites for hydroxylation is 1. The van der Waals surface area contributed by atoms with Crippen LogP contribution in [0.1, 0.15) is 31.9 Å². The second kappa shape index (κ2) is 6.47.